The summed E-state index contributed by atoms with van der Waals surface area (Å²) < 4.78 is 31.7. The Kier molecular flexibility index (Phi) is 6.61. The van der Waals surface area contributed by atoms with Crippen LogP contribution in [0.1, 0.15) is 41.3 Å². The van der Waals surface area contributed by atoms with Crippen molar-refractivity contribution >= 4 is 32.4 Å². The zero-order valence-electron chi connectivity index (χ0n) is 19.4. The van der Waals surface area contributed by atoms with Gasteiger partial charge in [-0.3, -0.25) is 9.10 Å². The van der Waals surface area contributed by atoms with Crippen LogP contribution in [-0.4, -0.2) is 45.7 Å². The highest BCUT2D eigenvalue weighted by Gasteiger charge is 2.25. The van der Waals surface area contributed by atoms with Gasteiger partial charge in [-0.15, -0.1) is 0 Å². The molecule has 1 aliphatic heterocycles. The molecule has 174 valence electrons. The van der Waals surface area contributed by atoms with E-state index in [9.17, 15) is 13.2 Å². The van der Waals surface area contributed by atoms with Crippen LogP contribution >= 0.6 is 0 Å². The average molecular weight is 467 g/mol. The number of rotatable bonds is 7. The van der Waals surface area contributed by atoms with Gasteiger partial charge < -0.3 is 9.64 Å². The number of sulfonamides is 1. The molecular weight excluding hydrogens is 436 g/mol. The number of nitrogens with zero attached hydrogens (tertiary/aromatic N) is 2. The van der Waals surface area contributed by atoms with Gasteiger partial charge in [0.1, 0.15) is 5.75 Å². The number of benzene rings is 3. The van der Waals surface area contributed by atoms with Crippen LogP contribution in [0.15, 0.2) is 54.6 Å². The molecule has 4 rings (SSSR count). The second-order valence-electron chi connectivity index (χ2n) is 8.56. The van der Waals surface area contributed by atoms with Gasteiger partial charge in [-0.1, -0.05) is 37.3 Å². The van der Waals surface area contributed by atoms with Gasteiger partial charge >= 0.3 is 0 Å². The van der Waals surface area contributed by atoms with Crippen LogP contribution in [0, 0.1) is 0 Å². The van der Waals surface area contributed by atoms with Crippen molar-refractivity contribution in [3.05, 3.63) is 71.3 Å². The van der Waals surface area contributed by atoms with Crippen LogP contribution in [-0.2, 0) is 23.0 Å². The maximum absolute atomic E-state index is 13.3. The summed E-state index contributed by atoms with van der Waals surface area (Å²) in [6.07, 6.45) is 3.62. The Balaban J connectivity index is 1.63. The standard InChI is InChI=1S/C26H30N2O4S/c1-4-16-32-25-14-12-19-8-5-6-10-22(19)23(25)18-27(2)26(29)21-11-13-24-20(17-21)9-7-15-28(24)33(3,30)31/h5-6,8,10-14,17H,4,7,9,15-16,18H2,1-3H3. The second kappa shape index (κ2) is 9.43. The number of amides is 1. The van der Waals surface area contributed by atoms with Crippen LogP contribution in [0.3, 0.4) is 0 Å². The zero-order chi connectivity index (χ0) is 23.6. The molecular formula is C26H30N2O4S. The molecule has 0 aliphatic carbocycles. The van der Waals surface area contributed by atoms with Gasteiger partial charge in [-0.05, 0) is 59.9 Å². The topological polar surface area (TPSA) is 66.9 Å². The summed E-state index contributed by atoms with van der Waals surface area (Å²) >= 11 is 0. The highest BCUT2D eigenvalue weighted by Crippen LogP contribution is 2.32. The lowest BCUT2D eigenvalue weighted by atomic mass is 9.99. The first kappa shape index (κ1) is 23.1. The van der Waals surface area contributed by atoms with E-state index in [0.29, 0.717) is 30.9 Å². The van der Waals surface area contributed by atoms with Crippen molar-refractivity contribution in [2.45, 2.75) is 32.7 Å². The van der Waals surface area contributed by atoms with Crippen molar-refractivity contribution in [2.75, 3.05) is 30.8 Å². The largest absolute Gasteiger partial charge is 0.493 e. The summed E-state index contributed by atoms with van der Waals surface area (Å²) in [5.41, 5.74) is 3.11. The van der Waals surface area contributed by atoms with Crippen molar-refractivity contribution in [3.63, 3.8) is 0 Å². The maximum atomic E-state index is 13.3. The van der Waals surface area contributed by atoms with E-state index in [1.165, 1.54) is 10.6 Å². The quantitative estimate of drug-likeness (QED) is 0.510. The van der Waals surface area contributed by atoms with Crippen molar-refractivity contribution in [1.82, 2.24) is 4.90 Å². The number of hydrogen-bond acceptors (Lipinski definition) is 4. The van der Waals surface area contributed by atoms with Crippen molar-refractivity contribution in [3.8, 4) is 5.75 Å². The average Bonchev–Trinajstić information content (AvgIpc) is 2.81. The van der Waals surface area contributed by atoms with Crippen molar-refractivity contribution in [2.24, 2.45) is 0 Å². The number of aryl methyl sites for hydroxylation is 1. The summed E-state index contributed by atoms with van der Waals surface area (Å²) in [4.78, 5) is 15.0. The summed E-state index contributed by atoms with van der Waals surface area (Å²) in [6, 6.07) is 17.4. The third-order valence-electron chi connectivity index (χ3n) is 6.00. The number of anilines is 1. The molecule has 0 radical (unpaired) electrons. The molecule has 6 nitrogen and oxygen atoms in total. The highest BCUT2D eigenvalue weighted by atomic mass is 32.2. The lowest BCUT2D eigenvalue weighted by Gasteiger charge is -2.29. The van der Waals surface area contributed by atoms with E-state index < -0.39 is 10.0 Å². The molecule has 3 aromatic rings. The Morgan fingerprint density at radius 3 is 2.67 bits per heavy atom. The lowest BCUT2D eigenvalue weighted by molar-refractivity contribution is 0.0784. The predicted octanol–water partition coefficient (Wildman–Crippen LogP) is 4.61. The van der Waals surface area contributed by atoms with E-state index in [2.05, 4.69) is 19.1 Å². The fraction of sp³-hybridized carbons (Fsp3) is 0.346. The first-order chi connectivity index (χ1) is 15.8. The third-order valence-corrected chi connectivity index (χ3v) is 7.18. The molecule has 0 atom stereocenters. The van der Waals surface area contributed by atoms with E-state index in [1.807, 2.05) is 30.3 Å². The minimum atomic E-state index is -3.34. The molecule has 0 fully saturated rings. The van der Waals surface area contributed by atoms with Crippen molar-refractivity contribution in [1.29, 1.82) is 0 Å². The van der Waals surface area contributed by atoms with Crippen LogP contribution in [0.4, 0.5) is 5.69 Å². The molecule has 1 amide bonds. The number of ether oxygens (including phenoxy) is 1. The first-order valence-electron chi connectivity index (χ1n) is 11.3. The van der Waals surface area contributed by atoms with Gasteiger partial charge in [-0.2, -0.15) is 0 Å². The monoisotopic (exact) mass is 466 g/mol. The molecule has 1 heterocycles. The molecule has 33 heavy (non-hydrogen) atoms. The summed E-state index contributed by atoms with van der Waals surface area (Å²) in [7, 11) is -1.55. The molecule has 0 aromatic heterocycles. The second-order valence-corrected chi connectivity index (χ2v) is 10.5. The van der Waals surface area contributed by atoms with Crippen LogP contribution in [0.2, 0.25) is 0 Å². The van der Waals surface area contributed by atoms with E-state index in [4.69, 9.17) is 4.74 Å². The van der Waals surface area contributed by atoms with Gasteiger partial charge in [-0.25, -0.2) is 8.42 Å². The molecule has 1 aliphatic rings. The van der Waals surface area contributed by atoms with Crippen LogP contribution in [0.25, 0.3) is 10.8 Å². The normalized spacial score (nSPS) is 13.6. The van der Waals surface area contributed by atoms with Gasteiger partial charge in [0.05, 0.1) is 18.6 Å². The lowest BCUT2D eigenvalue weighted by Crippen LogP contribution is -2.35. The van der Waals surface area contributed by atoms with Gasteiger partial charge in [0.15, 0.2) is 0 Å². The number of fused-ring (bicyclic) bond motifs is 2. The molecule has 3 aromatic carbocycles. The summed E-state index contributed by atoms with van der Waals surface area (Å²) in [5, 5.41) is 2.17. The fourth-order valence-corrected chi connectivity index (χ4v) is 5.39. The van der Waals surface area contributed by atoms with Gasteiger partial charge in [0, 0.05) is 31.3 Å². The van der Waals surface area contributed by atoms with Crippen LogP contribution in [0.5, 0.6) is 5.75 Å². The molecule has 0 bridgehead atoms. The van der Waals surface area contributed by atoms with Gasteiger partial charge in [0.25, 0.3) is 5.91 Å². The Bertz CT molecular complexity index is 1290. The Hall–Kier alpha value is -3.06. The first-order valence-corrected chi connectivity index (χ1v) is 13.1. The van der Waals surface area contributed by atoms with E-state index >= 15 is 0 Å². The summed E-state index contributed by atoms with van der Waals surface area (Å²) in [5.74, 6) is 0.688. The van der Waals surface area contributed by atoms with Crippen LogP contribution < -0.4 is 9.04 Å². The minimum absolute atomic E-state index is 0.108. The van der Waals surface area contributed by atoms with Crippen molar-refractivity contribution < 1.29 is 17.9 Å². The Morgan fingerprint density at radius 2 is 1.91 bits per heavy atom. The minimum Gasteiger partial charge on any atom is -0.493 e. The SMILES string of the molecule is CCCOc1ccc2ccccc2c1CN(C)C(=O)c1ccc2c(c1)CCCN2S(C)(=O)=O. The van der Waals surface area contributed by atoms with E-state index in [0.717, 1.165) is 46.9 Å². The van der Waals surface area contributed by atoms with Gasteiger partial charge in [0.2, 0.25) is 10.0 Å². The third kappa shape index (κ3) is 4.83. The Labute approximate surface area is 195 Å². The number of hydrogen-bond donors (Lipinski definition) is 0. The Morgan fingerprint density at radius 1 is 1.12 bits per heavy atom. The fourth-order valence-electron chi connectivity index (χ4n) is 4.40. The molecule has 0 spiro atoms. The predicted molar refractivity (Wildman–Crippen MR) is 132 cm³/mol. The van der Waals surface area contributed by atoms with E-state index in [-0.39, 0.29) is 5.91 Å². The number of carbonyl (C=O) groups excluding carboxylic acids is 1. The molecule has 7 heteroatoms. The number of carbonyl (C=O) groups is 1. The summed E-state index contributed by atoms with van der Waals surface area (Å²) in [6.45, 7) is 3.56. The maximum Gasteiger partial charge on any atom is 0.253 e. The zero-order valence-corrected chi connectivity index (χ0v) is 20.2. The molecule has 0 saturated carbocycles. The molecule has 0 unspecified atom stereocenters. The smallest absolute Gasteiger partial charge is 0.253 e. The highest BCUT2D eigenvalue weighted by molar-refractivity contribution is 7.92. The molecule has 0 N–H and O–H groups in total. The molecule has 0 saturated heterocycles. The van der Waals surface area contributed by atoms with E-state index in [1.54, 1.807) is 24.1 Å².